The summed E-state index contributed by atoms with van der Waals surface area (Å²) in [5, 5.41) is 5.53. The van der Waals surface area contributed by atoms with E-state index in [0.717, 1.165) is 52.6 Å². The smallest absolute Gasteiger partial charge is 0.173 e. The molecule has 1 heterocycles. The monoisotopic (exact) mass is 379 g/mol. The number of rotatable bonds is 2. The van der Waals surface area contributed by atoms with Gasteiger partial charge in [0.15, 0.2) is 5.11 Å². The van der Waals surface area contributed by atoms with Crippen molar-refractivity contribution in [1.29, 1.82) is 0 Å². The van der Waals surface area contributed by atoms with Crippen molar-refractivity contribution < 1.29 is 0 Å². The second kappa shape index (κ2) is 7.60. The Labute approximate surface area is 158 Å². The van der Waals surface area contributed by atoms with Crippen LogP contribution in [0.2, 0.25) is 10.0 Å². The third kappa shape index (κ3) is 4.12. The third-order valence-corrected chi connectivity index (χ3v) is 5.20. The first-order valence-corrected chi connectivity index (χ1v) is 9.02. The van der Waals surface area contributed by atoms with E-state index >= 15 is 0 Å². The summed E-state index contributed by atoms with van der Waals surface area (Å²) < 4.78 is 0. The van der Waals surface area contributed by atoms with Gasteiger partial charge in [-0.1, -0.05) is 29.3 Å². The molecule has 1 saturated heterocycles. The number of hydrogen-bond acceptors (Lipinski definition) is 2. The first-order chi connectivity index (χ1) is 11.5. The maximum absolute atomic E-state index is 6.17. The Balaban J connectivity index is 1.56. The first kappa shape index (κ1) is 17.3. The summed E-state index contributed by atoms with van der Waals surface area (Å²) in [6.07, 6.45) is 0. The zero-order chi connectivity index (χ0) is 17.1. The van der Waals surface area contributed by atoms with Gasteiger partial charge in [0.1, 0.15) is 0 Å². The molecule has 0 radical (unpaired) electrons. The van der Waals surface area contributed by atoms with Crippen LogP contribution in [0.4, 0.5) is 11.4 Å². The van der Waals surface area contributed by atoms with E-state index < -0.39 is 0 Å². The van der Waals surface area contributed by atoms with Gasteiger partial charge < -0.3 is 15.1 Å². The highest BCUT2D eigenvalue weighted by Gasteiger charge is 2.19. The van der Waals surface area contributed by atoms with Gasteiger partial charge in [0.2, 0.25) is 0 Å². The quantitative estimate of drug-likeness (QED) is 0.753. The highest BCUT2D eigenvalue weighted by atomic mass is 35.5. The lowest BCUT2D eigenvalue weighted by molar-refractivity contribution is 0.391. The van der Waals surface area contributed by atoms with E-state index in [0.29, 0.717) is 0 Å². The second-order valence-electron chi connectivity index (χ2n) is 5.84. The molecule has 1 N–H and O–H groups in total. The van der Waals surface area contributed by atoms with Gasteiger partial charge in [-0.3, -0.25) is 0 Å². The van der Waals surface area contributed by atoms with Crippen molar-refractivity contribution in [2.45, 2.75) is 6.92 Å². The minimum Gasteiger partial charge on any atom is -0.368 e. The van der Waals surface area contributed by atoms with Crippen molar-refractivity contribution in [3.8, 4) is 0 Å². The number of nitrogens with zero attached hydrogens (tertiary/aromatic N) is 2. The van der Waals surface area contributed by atoms with Crippen LogP contribution in [-0.4, -0.2) is 36.2 Å². The van der Waals surface area contributed by atoms with Crippen LogP contribution in [0.3, 0.4) is 0 Å². The minimum atomic E-state index is 0.741. The van der Waals surface area contributed by atoms with E-state index in [1.807, 2.05) is 37.3 Å². The van der Waals surface area contributed by atoms with E-state index in [1.165, 1.54) is 5.69 Å². The van der Waals surface area contributed by atoms with Crippen LogP contribution in [-0.2, 0) is 0 Å². The topological polar surface area (TPSA) is 18.5 Å². The summed E-state index contributed by atoms with van der Waals surface area (Å²) in [6, 6.07) is 13.9. The Kier molecular flexibility index (Phi) is 5.49. The summed E-state index contributed by atoms with van der Waals surface area (Å²) >= 11 is 17.7. The molecule has 126 valence electrons. The van der Waals surface area contributed by atoms with E-state index in [-0.39, 0.29) is 0 Å². The maximum atomic E-state index is 6.17. The molecule has 3 nitrogen and oxygen atoms in total. The molecule has 0 amide bonds. The summed E-state index contributed by atoms with van der Waals surface area (Å²) in [6.45, 7) is 5.61. The molecule has 0 atom stereocenters. The van der Waals surface area contributed by atoms with Crippen LogP contribution >= 0.6 is 35.4 Å². The number of aryl methyl sites for hydroxylation is 1. The van der Waals surface area contributed by atoms with Gasteiger partial charge in [-0.05, 0) is 61.1 Å². The van der Waals surface area contributed by atoms with Crippen LogP contribution in [0.5, 0.6) is 0 Å². The van der Waals surface area contributed by atoms with Crippen molar-refractivity contribution in [3.63, 3.8) is 0 Å². The Morgan fingerprint density at radius 3 is 2.29 bits per heavy atom. The zero-order valence-corrected chi connectivity index (χ0v) is 15.8. The van der Waals surface area contributed by atoms with E-state index in [4.69, 9.17) is 35.4 Å². The largest absolute Gasteiger partial charge is 0.368 e. The third-order valence-electron chi connectivity index (χ3n) is 4.18. The van der Waals surface area contributed by atoms with Gasteiger partial charge in [-0.2, -0.15) is 0 Å². The number of piperazine rings is 1. The van der Waals surface area contributed by atoms with Crippen LogP contribution in [0.25, 0.3) is 0 Å². The Morgan fingerprint density at radius 2 is 1.67 bits per heavy atom. The molecule has 0 aromatic heterocycles. The van der Waals surface area contributed by atoms with Gasteiger partial charge in [0.25, 0.3) is 0 Å². The number of anilines is 2. The summed E-state index contributed by atoms with van der Waals surface area (Å²) in [5.41, 5.74) is 3.18. The van der Waals surface area contributed by atoms with Gasteiger partial charge in [-0.15, -0.1) is 0 Å². The van der Waals surface area contributed by atoms with Gasteiger partial charge in [0, 0.05) is 47.6 Å². The molecule has 0 unspecified atom stereocenters. The van der Waals surface area contributed by atoms with E-state index in [2.05, 4.69) is 27.2 Å². The summed E-state index contributed by atoms with van der Waals surface area (Å²) in [5.74, 6) is 0. The van der Waals surface area contributed by atoms with Crippen molar-refractivity contribution in [2.24, 2.45) is 0 Å². The summed E-state index contributed by atoms with van der Waals surface area (Å²) in [4.78, 5) is 4.54. The molecule has 2 aromatic carbocycles. The lowest BCUT2D eigenvalue weighted by Gasteiger charge is -2.37. The van der Waals surface area contributed by atoms with E-state index in [1.54, 1.807) is 0 Å². The SMILES string of the molecule is Cc1ccc(NC(=S)N2CCN(c3ccc(Cl)cc3)CC2)cc1Cl. The lowest BCUT2D eigenvalue weighted by atomic mass is 10.2. The first-order valence-electron chi connectivity index (χ1n) is 7.85. The molecule has 24 heavy (non-hydrogen) atoms. The van der Waals surface area contributed by atoms with Crippen LogP contribution in [0.15, 0.2) is 42.5 Å². The highest BCUT2D eigenvalue weighted by molar-refractivity contribution is 7.80. The van der Waals surface area contributed by atoms with Crippen LogP contribution in [0.1, 0.15) is 5.56 Å². The molecule has 1 fully saturated rings. The predicted molar refractivity (Wildman–Crippen MR) is 108 cm³/mol. The molecule has 1 aliphatic heterocycles. The van der Waals surface area contributed by atoms with Crippen molar-refractivity contribution in [3.05, 3.63) is 58.1 Å². The van der Waals surface area contributed by atoms with Crippen molar-refractivity contribution >= 4 is 51.9 Å². The number of hydrogen-bond donors (Lipinski definition) is 1. The Morgan fingerprint density at radius 1 is 1.00 bits per heavy atom. The molecule has 1 aliphatic rings. The average molecular weight is 380 g/mol. The average Bonchev–Trinajstić information content (AvgIpc) is 2.59. The minimum absolute atomic E-state index is 0.741. The Hall–Kier alpha value is -1.49. The van der Waals surface area contributed by atoms with Crippen molar-refractivity contribution in [2.75, 3.05) is 36.4 Å². The number of thiocarbonyl (C=S) groups is 1. The molecular formula is C18H19Cl2N3S. The number of halogens is 2. The van der Waals surface area contributed by atoms with Crippen molar-refractivity contribution in [1.82, 2.24) is 4.90 Å². The molecular weight excluding hydrogens is 361 g/mol. The fourth-order valence-corrected chi connectivity index (χ4v) is 3.30. The van der Waals surface area contributed by atoms with Gasteiger partial charge in [-0.25, -0.2) is 0 Å². The molecule has 0 bridgehead atoms. The fraction of sp³-hybridized carbons (Fsp3) is 0.278. The molecule has 2 aromatic rings. The maximum Gasteiger partial charge on any atom is 0.173 e. The number of benzene rings is 2. The lowest BCUT2D eigenvalue weighted by Crippen LogP contribution is -2.50. The Bertz CT molecular complexity index is 726. The predicted octanol–water partition coefficient (Wildman–Crippen LogP) is 4.82. The second-order valence-corrected chi connectivity index (χ2v) is 7.07. The number of nitrogens with one attached hydrogen (secondary N) is 1. The molecule has 0 spiro atoms. The molecule has 6 heteroatoms. The summed E-state index contributed by atoms with van der Waals surface area (Å²) in [7, 11) is 0. The highest BCUT2D eigenvalue weighted by Crippen LogP contribution is 2.22. The molecule has 0 aliphatic carbocycles. The van der Waals surface area contributed by atoms with Gasteiger partial charge in [0.05, 0.1) is 0 Å². The van der Waals surface area contributed by atoms with Gasteiger partial charge >= 0.3 is 0 Å². The molecule has 0 saturated carbocycles. The fourth-order valence-electron chi connectivity index (χ4n) is 2.69. The normalized spacial score (nSPS) is 14.6. The zero-order valence-electron chi connectivity index (χ0n) is 13.4. The van der Waals surface area contributed by atoms with E-state index in [9.17, 15) is 0 Å². The van der Waals surface area contributed by atoms with Crippen LogP contribution in [0, 0.1) is 6.92 Å². The van der Waals surface area contributed by atoms with Crippen LogP contribution < -0.4 is 10.2 Å². The molecule has 3 rings (SSSR count). The standard InChI is InChI=1S/C18H19Cl2N3S/c1-13-2-5-15(12-17(13)20)21-18(24)23-10-8-22(9-11-23)16-6-3-14(19)4-7-16/h2-7,12H,8-11H2,1H3,(H,21,24).